The zero-order valence-corrected chi connectivity index (χ0v) is 8.34. The van der Waals surface area contributed by atoms with Gasteiger partial charge in [0.15, 0.2) is 0 Å². The molecule has 1 unspecified atom stereocenters. The van der Waals surface area contributed by atoms with Gasteiger partial charge in [0.05, 0.1) is 5.60 Å². The molecule has 0 saturated carbocycles. The fourth-order valence-corrected chi connectivity index (χ4v) is 0.667. The highest BCUT2D eigenvalue weighted by atomic mass is 16.7. The molecule has 0 radical (unpaired) electrons. The van der Waals surface area contributed by atoms with Crippen LogP contribution in [0.15, 0.2) is 0 Å². The molecule has 1 atom stereocenters. The minimum atomic E-state index is -0.255. The van der Waals surface area contributed by atoms with E-state index in [1.807, 2.05) is 39.8 Å². The minimum absolute atomic E-state index is 0.162. The smallest absolute Gasteiger partial charge is 0.218 e. The summed E-state index contributed by atoms with van der Waals surface area (Å²) in [4.78, 5) is 1.88. The first-order valence-electron chi connectivity index (χ1n) is 3.74. The van der Waals surface area contributed by atoms with Gasteiger partial charge >= 0.3 is 0 Å². The zero-order chi connectivity index (χ0) is 9.07. The minimum Gasteiger partial charge on any atom is -0.343 e. The molecule has 0 heterocycles. The van der Waals surface area contributed by atoms with Crippen molar-refractivity contribution in [2.45, 2.75) is 32.8 Å². The molecule has 0 rings (SSSR count). The number of rotatable bonds is 3. The van der Waals surface area contributed by atoms with Crippen molar-refractivity contribution in [3.63, 3.8) is 0 Å². The fourth-order valence-electron chi connectivity index (χ4n) is 0.667. The Bertz CT molecular complexity index is 107. The molecule has 3 nitrogen and oxygen atoms in total. The third kappa shape index (κ3) is 5.18. The summed E-state index contributed by atoms with van der Waals surface area (Å²) in [6.07, 6.45) is -0.255. The lowest BCUT2D eigenvalue weighted by Crippen LogP contribution is -2.38. The third-order valence-electron chi connectivity index (χ3n) is 1.08. The standard InChI is InChI=1S/C8H19NO2/c1-8(2,3)11-7(10-6)9(4)5/h7H,1-6H3. The molecular weight excluding hydrogens is 142 g/mol. The normalized spacial score (nSPS) is 15.5. The van der Waals surface area contributed by atoms with Gasteiger partial charge in [0, 0.05) is 7.11 Å². The Labute approximate surface area is 69.3 Å². The van der Waals surface area contributed by atoms with Gasteiger partial charge in [-0.2, -0.15) is 0 Å². The first-order chi connectivity index (χ1) is 4.87. The first-order valence-corrected chi connectivity index (χ1v) is 3.74. The topological polar surface area (TPSA) is 21.7 Å². The average Bonchev–Trinajstić information content (AvgIpc) is 1.80. The van der Waals surface area contributed by atoms with Crippen LogP contribution in [0.2, 0.25) is 0 Å². The molecule has 0 fully saturated rings. The van der Waals surface area contributed by atoms with Crippen molar-refractivity contribution in [3.05, 3.63) is 0 Å². The van der Waals surface area contributed by atoms with Crippen LogP contribution in [-0.4, -0.2) is 38.1 Å². The van der Waals surface area contributed by atoms with Gasteiger partial charge in [0.25, 0.3) is 0 Å². The fraction of sp³-hybridized carbons (Fsp3) is 1.00. The molecule has 11 heavy (non-hydrogen) atoms. The van der Waals surface area contributed by atoms with Gasteiger partial charge in [0.2, 0.25) is 6.41 Å². The Kier molecular flexibility index (Phi) is 4.00. The van der Waals surface area contributed by atoms with Gasteiger partial charge < -0.3 is 9.47 Å². The Balaban J connectivity index is 3.88. The Morgan fingerprint density at radius 2 is 1.64 bits per heavy atom. The molecule has 0 aromatic rings. The lowest BCUT2D eigenvalue weighted by molar-refractivity contribution is -0.241. The second-order valence-electron chi connectivity index (χ2n) is 3.74. The van der Waals surface area contributed by atoms with E-state index in [1.165, 1.54) is 0 Å². The van der Waals surface area contributed by atoms with Crippen molar-refractivity contribution in [1.82, 2.24) is 4.90 Å². The Morgan fingerprint density at radius 3 is 1.73 bits per heavy atom. The van der Waals surface area contributed by atoms with E-state index in [1.54, 1.807) is 7.11 Å². The van der Waals surface area contributed by atoms with Crippen molar-refractivity contribution in [1.29, 1.82) is 0 Å². The van der Waals surface area contributed by atoms with Crippen LogP contribution in [0, 0.1) is 0 Å². The van der Waals surface area contributed by atoms with Gasteiger partial charge in [0.1, 0.15) is 0 Å². The zero-order valence-electron chi connectivity index (χ0n) is 8.34. The molecule has 0 saturated heterocycles. The number of hydrogen-bond donors (Lipinski definition) is 0. The van der Waals surface area contributed by atoms with Crippen LogP contribution in [0.1, 0.15) is 20.8 Å². The maximum atomic E-state index is 5.55. The monoisotopic (exact) mass is 161 g/mol. The lowest BCUT2D eigenvalue weighted by atomic mass is 10.2. The van der Waals surface area contributed by atoms with Crippen molar-refractivity contribution in [3.8, 4) is 0 Å². The lowest BCUT2D eigenvalue weighted by Gasteiger charge is -2.30. The van der Waals surface area contributed by atoms with E-state index in [0.717, 1.165) is 0 Å². The van der Waals surface area contributed by atoms with Crippen molar-refractivity contribution < 1.29 is 9.47 Å². The summed E-state index contributed by atoms with van der Waals surface area (Å²) in [5.74, 6) is 0. The summed E-state index contributed by atoms with van der Waals surface area (Å²) >= 11 is 0. The molecule has 0 aliphatic carbocycles. The van der Waals surface area contributed by atoms with Crippen LogP contribution in [-0.2, 0) is 9.47 Å². The second kappa shape index (κ2) is 4.04. The molecule has 0 aliphatic heterocycles. The van der Waals surface area contributed by atoms with Crippen LogP contribution < -0.4 is 0 Å². The molecule has 68 valence electrons. The Hall–Kier alpha value is -0.120. The molecular formula is C8H19NO2. The van der Waals surface area contributed by atoms with Gasteiger partial charge in [-0.15, -0.1) is 0 Å². The summed E-state index contributed by atoms with van der Waals surface area (Å²) in [5, 5.41) is 0. The van der Waals surface area contributed by atoms with Gasteiger partial charge in [-0.3, -0.25) is 4.90 Å². The molecule has 0 N–H and O–H groups in total. The van der Waals surface area contributed by atoms with E-state index in [0.29, 0.717) is 0 Å². The van der Waals surface area contributed by atoms with Gasteiger partial charge in [-0.25, -0.2) is 0 Å². The highest BCUT2D eigenvalue weighted by Crippen LogP contribution is 2.11. The van der Waals surface area contributed by atoms with Crippen molar-refractivity contribution in [2.75, 3.05) is 21.2 Å². The number of ether oxygens (including phenoxy) is 2. The highest BCUT2D eigenvalue weighted by molar-refractivity contribution is 4.59. The summed E-state index contributed by atoms with van der Waals surface area (Å²) < 4.78 is 10.6. The van der Waals surface area contributed by atoms with Crippen molar-refractivity contribution >= 4 is 0 Å². The van der Waals surface area contributed by atoms with Crippen LogP contribution >= 0.6 is 0 Å². The molecule has 0 bridgehead atoms. The van der Waals surface area contributed by atoms with E-state index in [2.05, 4.69) is 0 Å². The van der Waals surface area contributed by atoms with Crippen LogP contribution in [0.3, 0.4) is 0 Å². The third-order valence-corrected chi connectivity index (χ3v) is 1.08. The number of nitrogens with zero attached hydrogens (tertiary/aromatic N) is 1. The largest absolute Gasteiger partial charge is 0.343 e. The maximum Gasteiger partial charge on any atom is 0.218 e. The van der Waals surface area contributed by atoms with E-state index in [-0.39, 0.29) is 12.0 Å². The van der Waals surface area contributed by atoms with Gasteiger partial charge in [-0.1, -0.05) is 0 Å². The predicted octanol–water partition coefficient (Wildman–Crippen LogP) is 1.29. The SMILES string of the molecule is COC(OC(C)(C)C)N(C)C. The van der Waals surface area contributed by atoms with E-state index >= 15 is 0 Å². The molecule has 0 aliphatic rings. The molecule has 0 aromatic carbocycles. The summed E-state index contributed by atoms with van der Waals surface area (Å²) in [7, 11) is 5.47. The molecule has 0 amide bonds. The molecule has 3 heteroatoms. The average molecular weight is 161 g/mol. The van der Waals surface area contributed by atoms with E-state index < -0.39 is 0 Å². The van der Waals surface area contributed by atoms with Crippen LogP contribution in [0.25, 0.3) is 0 Å². The highest BCUT2D eigenvalue weighted by Gasteiger charge is 2.19. The second-order valence-corrected chi connectivity index (χ2v) is 3.74. The summed E-state index contributed by atoms with van der Waals surface area (Å²) in [6, 6.07) is 0. The predicted molar refractivity (Wildman–Crippen MR) is 45.3 cm³/mol. The van der Waals surface area contributed by atoms with E-state index in [4.69, 9.17) is 9.47 Å². The molecule has 0 aromatic heterocycles. The maximum absolute atomic E-state index is 5.55. The first kappa shape index (κ1) is 10.9. The number of hydrogen-bond acceptors (Lipinski definition) is 3. The van der Waals surface area contributed by atoms with E-state index in [9.17, 15) is 0 Å². The summed E-state index contributed by atoms with van der Waals surface area (Å²) in [6.45, 7) is 6.01. The van der Waals surface area contributed by atoms with Crippen molar-refractivity contribution in [2.24, 2.45) is 0 Å². The molecule has 0 spiro atoms. The Morgan fingerprint density at radius 1 is 1.18 bits per heavy atom. The van der Waals surface area contributed by atoms with Gasteiger partial charge in [-0.05, 0) is 34.9 Å². The number of methoxy groups -OCH3 is 1. The van der Waals surface area contributed by atoms with Crippen LogP contribution in [0.5, 0.6) is 0 Å². The quantitative estimate of drug-likeness (QED) is 0.582. The summed E-state index contributed by atoms with van der Waals surface area (Å²) in [5.41, 5.74) is -0.162. The van der Waals surface area contributed by atoms with Crippen LogP contribution in [0.4, 0.5) is 0 Å².